The van der Waals surface area contributed by atoms with Crippen molar-refractivity contribution in [3.8, 4) is 0 Å². The smallest absolute Gasteiger partial charge is 0.358 e. The van der Waals surface area contributed by atoms with Crippen LogP contribution in [-0.2, 0) is 6.54 Å². The van der Waals surface area contributed by atoms with Gasteiger partial charge in [0.25, 0.3) is 0 Å². The van der Waals surface area contributed by atoms with E-state index in [0.717, 1.165) is 5.69 Å². The Morgan fingerprint density at radius 3 is 2.67 bits per heavy atom. The van der Waals surface area contributed by atoms with Gasteiger partial charge in [0.2, 0.25) is 0 Å². The predicted octanol–water partition coefficient (Wildman–Crippen LogP) is 1.21. The average molecular weight is 244 g/mol. The minimum absolute atomic E-state index is 0.0593. The van der Waals surface area contributed by atoms with E-state index in [9.17, 15) is 4.79 Å². The van der Waals surface area contributed by atoms with Gasteiger partial charge < -0.3 is 10.0 Å². The molecular formula is C12H12N4O2. The summed E-state index contributed by atoms with van der Waals surface area (Å²) in [4.78, 5) is 24.8. The molecule has 0 spiro atoms. The molecule has 92 valence electrons. The lowest BCUT2D eigenvalue weighted by atomic mass is 10.3. The van der Waals surface area contributed by atoms with Gasteiger partial charge in [-0.05, 0) is 12.1 Å². The van der Waals surface area contributed by atoms with Crippen LogP contribution in [0.2, 0.25) is 0 Å². The molecular weight excluding hydrogens is 232 g/mol. The molecule has 6 nitrogen and oxygen atoms in total. The molecule has 0 bridgehead atoms. The molecule has 2 heterocycles. The Morgan fingerprint density at radius 2 is 2.00 bits per heavy atom. The Labute approximate surface area is 104 Å². The molecule has 0 saturated carbocycles. The molecule has 18 heavy (non-hydrogen) atoms. The first-order valence-electron chi connectivity index (χ1n) is 5.34. The number of nitrogens with zero attached hydrogens (tertiary/aromatic N) is 4. The second kappa shape index (κ2) is 5.22. The van der Waals surface area contributed by atoms with Crippen LogP contribution in [-0.4, -0.2) is 33.1 Å². The van der Waals surface area contributed by atoms with Gasteiger partial charge in [0.05, 0.1) is 12.2 Å². The fraction of sp³-hybridized carbons (Fsp3) is 0.167. The highest BCUT2D eigenvalue weighted by molar-refractivity contribution is 5.90. The monoisotopic (exact) mass is 244 g/mol. The summed E-state index contributed by atoms with van der Waals surface area (Å²) in [7, 11) is 1.76. The molecule has 0 unspecified atom stereocenters. The van der Waals surface area contributed by atoms with Gasteiger partial charge in [-0.15, -0.1) is 0 Å². The zero-order valence-electron chi connectivity index (χ0n) is 9.82. The SMILES string of the molecule is CN(Cc1ccccn1)c1nccnc1C(=O)O. The van der Waals surface area contributed by atoms with Gasteiger partial charge in [0.15, 0.2) is 11.5 Å². The van der Waals surface area contributed by atoms with Crippen molar-refractivity contribution in [2.24, 2.45) is 0 Å². The topological polar surface area (TPSA) is 79.2 Å². The highest BCUT2D eigenvalue weighted by Crippen LogP contribution is 2.15. The highest BCUT2D eigenvalue weighted by Gasteiger charge is 2.16. The molecule has 0 aliphatic rings. The summed E-state index contributed by atoms with van der Waals surface area (Å²) in [6, 6.07) is 5.58. The minimum atomic E-state index is -1.09. The third-order valence-corrected chi connectivity index (χ3v) is 2.37. The third kappa shape index (κ3) is 2.60. The number of carboxylic acids is 1. The van der Waals surface area contributed by atoms with Gasteiger partial charge in [0.1, 0.15) is 0 Å². The van der Waals surface area contributed by atoms with Crippen molar-refractivity contribution >= 4 is 11.8 Å². The lowest BCUT2D eigenvalue weighted by Crippen LogP contribution is -2.22. The predicted molar refractivity (Wildman–Crippen MR) is 65.3 cm³/mol. The van der Waals surface area contributed by atoms with E-state index in [0.29, 0.717) is 12.4 Å². The maximum absolute atomic E-state index is 11.0. The highest BCUT2D eigenvalue weighted by atomic mass is 16.4. The van der Waals surface area contributed by atoms with Gasteiger partial charge in [-0.25, -0.2) is 14.8 Å². The fourth-order valence-electron chi connectivity index (χ4n) is 1.57. The molecule has 0 aromatic carbocycles. The van der Waals surface area contributed by atoms with Crippen molar-refractivity contribution in [1.29, 1.82) is 0 Å². The quantitative estimate of drug-likeness (QED) is 0.870. The van der Waals surface area contributed by atoms with Crippen LogP contribution in [0.15, 0.2) is 36.8 Å². The lowest BCUT2D eigenvalue weighted by molar-refractivity contribution is 0.0690. The van der Waals surface area contributed by atoms with Gasteiger partial charge in [0, 0.05) is 25.6 Å². The zero-order valence-corrected chi connectivity index (χ0v) is 9.82. The molecule has 0 atom stereocenters. The first-order chi connectivity index (χ1) is 8.68. The number of hydrogen-bond acceptors (Lipinski definition) is 5. The molecule has 0 fully saturated rings. The van der Waals surface area contributed by atoms with Crippen molar-refractivity contribution in [3.63, 3.8) is 0 Å². The molecule has 0 amide bonds. The summed E-state index contributed by atoms with van der Waals surface area (Å²) in [5.74, 6) is -0.762. The zero-order chi connectivity index (χ0) is 13.0. The van der Waals surface area contributed by atoms with Crippen LogP contribution in [0.25, 0.3) is 0 Å². The standard InChI is InChI=1S/C12H12N4O2/c1-16(8-9-4-2-3-5-13-9)11-10(12(17)18)14-6-7-15-11/h2-7H,8H2,1H3,(H,17,18). The van der Waals surface area contributed by atoms with Gasteiger partial charge >= 0.3 is 5.97 Å². The summed E-state index contributed by atoms with van der Waals surface area (Å²) in [6.07, 6.45) is 4.52. The van der Waals surface area contributed by atoms with Crippen LogP contribution in [0.5, 0.6) is 0 Å². The van der Waals surface area contributed by atoms with Gasteiger partial charge in [-0.3, -0.25) is 4.98 Å². The molecule has 0 aliphatic heterocycles. The Morgan fingerprint density at radius 1 is 1.22 bits per heavy atom. The fourth-order valence-corrected chi connectivity index (χ4v) is 1.57. The number of pyridine rings is 1. The second-order valence-corrected chi connectivity index (χ2v) is 3.71. The summed E-state index contributed by atoms with van der Waals surface area (Å²) in [5, 5.41) is 9.04. The molecule has 6 heteroatoms. The van der Waals surface area contributed by atoms with Crippen molar-refractivity contribution < 1.29 is 9.90 Å². The summed E-state index contributed by atoms with van der Waals surface area (Å²) >= 11 is 0. The van der Waals surface area contributed by atoms with Crippen LogP contribution < -0.4 is 4.90 Å². The number of carbonyl (C=O) groups is 1. The molecule has 0 saturated heterocycles. The van der Waals surface area contributed by atoms with Crippen molar-refractivity contribution in [3.05, 3.63) is 48.2 Å². The molecule has 0 aliphatic carbocycles. The average Bonchev–Trinajstić information content (AvgIpc) is 2.40. The maximum atomic E-state index is 11.0. The van der Waals surface area contributed by atoms with Crippen LogP contribution in [0.4, 0.5) is 5.82 Å². The van der Waals surface area contributed by atoms with E-state index in [1.54, 1.807) is 18.1 Å². The van der Waals surface area contributed by atoms with E-state index in [1.807, 2.05) is 18.2 Å². The number of rotatable bonds is 4. The Bertz CT molecular complexity index is 545. The van der Waals surface area contributed by atoms with E-state index in [2.05, 4.69) is 15.0 Å². The Balaban J connectivity index is 2.24. The van der Waals surface area contributed by atoms with Gasteiger partial charge in [-0.2, -0.15) is 0 Å². The first-order valence-corrected chi connectivity index (χ1v) is 5.34. The van der Waals surface area contributed by atoms with Crippen LogP contribution in [0.3, 0.4) is 0 Å². The molecule has 2 rings (SSSR count). The number of anilines is 1. The van der Waals surface area contributed by atoms with E-state index < -0.39 is 5.97 Å². The van der Waals surface area contributed by atoms with E-state index in [1.165, 1.54) is 12.4 Å². The Hall–Kier alpha value is -2.50. The second-order valence-electron chi connectivity index (χ2n) is 3.71. The van der Waals surface area contributed by atoms with E-state index >= 15 is 0 Å². The Kier molecular flexibility index (Phi) is 3.47. The molecule has 1 N–H and O–H groups in total. The first kappa shape index (κ1) is 12.0. The largest absolute Gasteiger partial charge is 0.476 e. The maximum Gasteiger partial charge on any atom is 0.358 e. The van der Waals surface area contributed by atoms with Crippen molar-refractivity contribution in [2.75, 3.05) is 11.9 Å². The molecule has 2 aromatic heterocycles. The number of hydrogen-bond donors (Lipinski definition) is 1. The van der Waals surface area contributed by atoms with Gasteiger partial charge in [-0.1, -0.05) is 6.07 Å². The van der Waals surface area contributed by atoms with E-state index in [4.69, 9.17) is 5.11 Å². The minimum Gasteiger partial charge on any atom is -0.476 e. The lowest BCUT2D eigenvalue weighted by Gasteiger charge is -2.18. The summed E-state index contributed by atoms with van der Waals surface area (Å²) in [5.41, 5.74) is 0.776. The summed E-state index contributed by atoms with van der Waals surface area (Å²) in [6.45, 7) is 0.472. The normalized spacial score (nSPS) is 10.1. The summed E-state index contributed by atoms with van der Waals surface area (Å²) < 4.78 is 0. The van der Waals surface area contributed by atoms with Crippen LogP contribution in [0, 0.1) is 0 Å². The van der Waals surface area contributed by atoms with Crippen LogP contribution >= 0.6 is 0 Å². The number of carboxylic acid groups (broad SMARTS) is 1. The van der Waals surface area contributed by atoms with Crippen molar-refractivity contribution in [1.82, 2.24) is 15.0 Å². The number of aromatic carboxylic acids is 1. The number of aromatic nitrogens is 3. The third-order valence-electron chi connectivity index (χ3n) is 2.37. The van der Waals surface area contributed by atoms with Crippen LogP contribution in [0.1, 0.15) is 16.2 Å². The van der Waals surface area contributed by atoms with Crippen molar-refractivity contribution in [2.45, 2.75) is 6.54 Å². The molecule has 0 radical (unpaired) electrons. The molecule has 2 aromatic rings. The van der Waals surface area contributed by atoms with E-state index in [-0.39, 0.29) is 5.69 Å².